The number of nitro benzene ring substituents is 1. The van der Waals surface area contributed by atoms with Crippen LogP contribution >= 0.6 is 0 Å². The third kappa shape index (κ3) is 4.43. The Bertz CT molecular complexity index is 1150. The Labute approximate surface area is 166 Å². The van der Waals surface area contributed by atoms with Crippen LogP contribution in [-0.2, 0) is 15.6 Å². The highest BCUT2D eigenvalue weighted by molar-refractivity contribution is 7.90. The predicted molar refractivity (Wildman–Crippen MR) is 104 cm³/mol. The average Bonchev–Trinajstić information content (AvgIpc) is 3.16. The first-order valence-electron chi connectivity index (χ1n) is 8.30. The molecule has 0 aliphatic rings. The van der Waals surface area contributed by atoms with Crippen molar-refractivity contribution >= 4 is 27.1 Å². The molecular formula is C19H16N2O7S. The van der Waals surface area contributed by atoms with Gasteiger partial charge in [0.25, 0.3) is 11.6 Å². The van der Waals surface area contributed by atoms with Crippen molar-refractivity contribution in [3.8, 4) is 5.75 Å². The largest absolute Gasteiger partial charge is 0.495 e. The zero-order chi connectivity index (χ0) is 21.0. The third-order valence-corrected chi connectivity index (χ3v) is 5.72. The number of hydrogen-bond donors (Lipinski definition) is 1. The lowest BCUT2D eigenvalue weighted by Crippen LogP contribution is -2.15. The standard InChI is InChI=1S/C19H16N2O7S/c1-27-17-8-7-14(21(23)24)11-16(17)20-19(22)18-13(9-10-28-18)12-29(25,26)15-5-3-2-4-6-15/h2-11H,12H2,1H3,(H,20,22). The highest BCUT2D eigenvalue weighted by Crippen LogP contribution is 2.30. The number of hydrogen-bond acceptors (Lipinski definition) is 7. The number of nitrogens with zero attached hydrogens (tertiary/aromatic N) is 1. The number of amides is 1. The first kappa shape index (κ1) is 20.1. The van der Waals surface area contributed by atoms with Gasteiger partial charge in [-0.3, -0.25) is 14.9 Å². The number of carbonyl (C=O) groups excluding carboxylic acids is 1. The number of furan rings is 1. The van der Waals surface area contributed by atoms with Crippen LogP contribution in [0.1, 0.15) is 16.1 Å². The molecule has 1 aromatic heterocycles. The number of anilines is 1. The molecule has 3 aromatic rings. The summed E-state index contributed by atoms with van der Waals surface area (Å²) in [6.45, 7) is 0. The Balaban J connectivity index is 1.87. The van der Waals surface area contributed by atoms with Crippen molar-refractivity contribution in [3.05, 3.63) is 82.3 Å². The minimum absolute atomic E-state index is 0.0555. The van der Waals surface area contributed by atoms with E-state index < -0.39 is 26.4 Å². The molecular weight excluding hydrogens is 400 g/mol. The number of non-ortho nitro benzene ring substituents is 1. The van der Waals surface area contributed by atoms with Gasteiger partial charge in [-0.1, -0.05) is 18.2 Å². The molecule has 0 aliphatic carbocycles. The Morgan fingerprint density at radius 1 is 1.17 bits per heavy atom. The molecule has 0 atom stereocenters. The van der Waals surface area contributed by atoms with Gasteiger partial charge in [0.05, 0.1) is 34.6 Å². The fourth-order valence-electron chi connectivity index (χ4n) is 2.65. The Morgan fingerprint density at radius 2 is 1.90 bits per heavy atom. The summed E-state index contributed by atoms with van der Waals surface area (Å²) >= 11 is 0. The number of ether oxygens (including phenoxy) is 1. The summed E-state index contributed by atoms with van der Waals surface area (Å²) < 4.78 is 35.5. The quantitative estimate of drug-likeness (QED) is 0.461. The first-order chi connectivity index (χ1) is 13.8. The van der Waals surface area contributed by atoms with Crippen LogP contribution in [0.2, 0.25) is 0 Å². The summed E-state index contributed by atoms with van der Waals surface area (Å²) in [5.74, 6) is -1.21. The van der Waals surface area contributed by atoms with Crippen LogP contribution in [0.25, 0.3) is 0 Å². The lowest BCUT2D eigenvalue weighted by Gasteiger charge is -2.10. The molecule has 29 heavy (non-hydrogen) atoms. The minimum atomic E-state index is -3.70. The number of sulfone groups is 1. The van der Waals surface area contributed by atoms with E-state index in [0.717, 1.165) is 6.07 Å². The monoisotopic (exact) mass is 416 g/mol. The van der Waals surface area contributed by atoms with Crippen molar-refractivity contribution in [1.82, 2.24) is 0 Å². The Morgan fingerprint density at radius 3 is 2.55 bits per heavy atom. The molecule has 0 aliphatic heterocycles. The van der Waals surface area contributed by atoms with E-state index in [4.69, 9.17) is 9.15 Å². The van der Waals surface area contributed by atoms with Crippen molar-refractivity contribution in [2.45, 2.75) is 10.6 Å². The van der Waals surface area contributed by atoms with E-state index in [1.807, 2.05) is 0 Å². The lowest BCUT2D eigenvalue weighted by molar-refractivity contribution is -0.384. The average molecular weight is 416 g/mol. The second-order valence-electron chi connectivity index (χ2n) is 5.94. The second kappa shape index (κ2) is 8.15. The number of methoxy groups -OCH3 is 1. The van der Waals surface area contributed by atoms with Crippen molar-refractivity contribution in [3.63, 3.8) is 0 Å². The smallest absolute Gasteiger partial charge is 0.291 e. The van der Waals surface area contributed by atoms with E-state index in [2.05, 4.69) is 5.32 Å². The number of rotatable bonds is 7. The van der Waals surface area contributed by atoms with Crippen LogP contribution in [0.15, 0.2) is 70.2 Å². The van der Waals surface area contributed by atoms with Crippen LogP contribution < -0.4 is 10.1 Å². The Kier molecular flexibility index (Phi) is 5.64. The van der Waals surface area contributed by atoms with E-state index in [9.17, 15) is 23.3 Å². The van der Waals surface area contributed by atoms with Crippen LogP contribution in [-0.4, -0.2) is 26.4 Å². The predicted octanol–water partition coefficient (Wildman–Crippen LogP) is 3.42. The van der Waals surface area contributed by atoms with E-state index >= 15 is 0 Å². The van der Waals surface area contributed by atoms with Gasteiger partial charge in [-0.2, -0.15) is 0 Å². The second-order valence-corrected chi connectivity index (χ2v) is 7.93. The molecule has 1 N–H and O–H groups in total. The van der Waals surface area contributed by atoms with E-state index in [0.29, 0.717) is 0 Å². The molecule has 150 valence electrons. The van der Waals surface area contributed by atoms with Gasteiger partial charge in [-0.05, 0) is 24.3 Å². The molecule has 0 spiro atoms. The molecule has 0 unspecified atom stereocenters. The van der Waals surface area contributed by atoms with E-state index in [-0.39, 0.29) is 33.3 Å². The van der Waals surface area contributed by atoms with Gasteiger partial charge in [-0.25, -0.2) is 8.42 Å². The fraction of sp³-hybridized carbons (Fsp3) is 0.105. The molecule has 0 radical (unpaired) electrons. The third-order valence-electron chi connectivity index (χ3n) is 4.04. The van der Waals surface area contributed by atoms with Crippen molar-refractivity contribution in [2.75, 3.05) is 12.4 Å². The van der Waals surface area contributed by atoms with Gasteiger partial charge in [0.15, 0.2) is 15.6 Å². The highest BCUT2D eigenvalue weighted by atomic mass is 32.2. The summed E-state index contributed by atoms with van der Waals surface area (Å²) in [5.41, 5.74) is -0.0249. The van der Waals surface area contributed by atoms with Crippen LogP contribution in [0, 0.1) is 10.1 Å². The summed E-state index contributed by atoms with van der Waals surface area (Å²) in [4.78, 5) is 23.1. The summed E-state index contributed by atoms with van der Waals surface area (Å²) in [6.07, 6.45) is 1.20. The van der Waals surface area contributed by atoms with Crippen molar-refractivity contribution < 1.29 is 27.3 Å². The lowest BCUT2D eigenvalue weighted by atomic mass is 10.2. The molecule has 2 aromatic carbocycles. The maximum absolute atomic E-state index is 12.6. The zero-order valence-corrected chi connectivity index (χ0v) is 16.0. The number of nitro groups is 1. The fourth-order valence-corrected chi connectivity index (χ4v) is 4.03. The summed E-state index contributed by atoms with van der Waals surface area (Å²) in [5, 5.41) is 13.4. The highest BCUT2D eigenvalue weighted by Gasteiger charge is 2.23. The van der Waals surface area contributed by atoms with Crippen molar-refractivity contribution in [1.29, 1.82) is 0 Å². The van der Waals surface area contributed by atoms with Gasteiger partial charge in [0, 0.05) is 17.7 Å². The summed E-state index contributed by atoms with van der Waals surface area (Å²) in [7, 11) is -2.35. The SMILES string of the molecule is COc1ccc([N+](=O)[O-])cc1NC(=O)c1occc1CS(=O)(=O)c1ccccc1. The van der Waals surface area contributed by atoms with Gasteiger partial charge in [-0.15, -0.1) is 0 Å². The molecule has 1 amide bonds. The van der Waals surface area contributed by atoms with E-state index in [1.54, 1.807) is 18.2 Å². The van der Waals surface area contributed by atoms with Gasteiger partial charge >= 0.3 is 0 Å². The van der Waals surface area contributed by atoms with Crippen molar-refractivity contribution in [2.24, 2.45) is 0 Å². The molecule has 0 fully saturated rings. The van der Waals surface area contributed by atoms with Gasteiger partial charge in [0.2, 0.25) is 0 Å². The molecule has 0 saturated heterocycles. The minimum Gasteiger partial charge on any atom is -0.495 e. The normalized spacial score (nSPS) is 11.1. The van der Waals surface area contributed by atoms with E-state index in [1.165, 1.54) is 43.7 Å². The van der Waals surface area contributed by atoms with Crippen LogP contribution in [0.5, 0.6) is 5.75 Å². The molecule has 9 nitrogen and oxygen atoms in total. The summed E-state index contributed by atoms with van der Waals surface area (Å²) in [6, 6.07) is 12.9. The first-order valence-corrected chi connectivity index (χ1v) is 9.95. The topological polar surface area (TPSA) is 129 Å². The molecule has 0 bridgehead atoms. The van der Waals surface area contributed by atoms with Gasteiger partial charge < -0.3 is 14.5 Å². The zero-order valence-electron chi connectivity index (χ0n) is 15.2. The maximum atomic E-state index is 12.6. The van der Waals surface area contributed by atoms with Gasteiger partial charge in [0.1, 0.15) is 5.75 Å². The molecule has 3 rings (SSSR count). The van der Waals surface area contributed by atoms with Crippen LogP contribution in [0.3, 0.4) is 0 Å². The number of benzene rings is 2. The molecule has 10 heteroatoms. The van der Waals surface area contributed by atoms with Crippen LogP contribution in [0.4, 0.5) is 11.4 Å². The molecule has 0 saturated carbocycles. The molecule has 1 heterocycles. The number of nitrogens with one attached hydrogen (secondary N) is 1. The number of carbonyl (C=O) groups is 1. The Hall–Kier alpha value is -3.66. The maximum Gasteiger partial charge on any atom is 0.291 e.